The van der Waals surface area contributed by atoms with Crippen LogP contribution in [0.4, 0.5) is 11.4 Å². The predicted octanol–water partition coefficient (Wildman–Crippen LogP) is 2.20. The van der Waals surface area contributed by atoms with Crippen LogP contribution in [0, 0.1) is 24.0 Å². The minimum atomic E-state index is -4.09. The number of primary sulfonamides is 1. The number of nitro benzene ring substituents is 1. The molecule has 2 aromatic rings. The number of ether oxygens (including phenoxy) is 1. The average molecular weight is 423 g/mol. The zero-order valence-electron chi connectivity index (χ0n) is 16.3. The highest BCUT2D eigenvalue weighted by molar-refractivity contribution is 7.89. The topological polar surface area (TPSA) is 170 Å². The molecule has 1 aromatic carbocycles. The summed E-state index contributed by atoms with van der Waals surface area (Å²) in [4.78, 5) is 25.3. The van der Waals surface area contributed by atoms with E-state index in [1.54, 1.807) is 27.7 Å². The lowest BCUT2D eigenvalue weighted by Crippen LogP contribution is -2.12. The SMILES string of the molecule is CCOC(=O)c1c(C)[nH]c(C(C)=NNc2ccc(S(N)(=O)=O)cc2[N+](=O)[O-])c1C. The van der Waals surface area contributed by atoms with Crippen molar-refractivity contribution in [1.29, 1.82) is 0 Å². The van der Waals surface area contributed by atoms with Crippen molar-refractivity contribution in [3.8, 4) is 0 Å². The van der Waals surface area contributed by atoms with Crippen molar-refractivity contribution >= 4 is 33.1 Å². The van der Waals surface area contributed by atoms with Gasteiger partial charge in [-0.3, -0.25) is 15.5 Å². The smallest absolute Gasteiger partial charge is 0.340 e. The van der Waals surface area contributed by atoms with Gasteiger partial charge in [-0.2, -0.15) is 5.10 Å². The fourth-order valence-electron chi connectivity index (χ4n) is 2.76. The Morgan fingerprint density at radius 3 is 2.59 bits per heavy atom. The Kier molecular flexibility index (Phi) is 6.39. The van der Waals surface area contributed by atoms with Crippen molar-refractivity contribution < 1.29 is 22.9 Å². The standard InChI is InChI=1S/C17H21N5O6S/c1-5-28-17(23)15-9(2)16(19-10(15)3)11(4)20-21-13-7-6-12(29(18,26)27)8-14(13)22(24)25/h6-8,19,21H,5H2,1-4H3,(H2,18,26,27). The highest BCUT2D eigenvalue weighted by Gasteiger charge is 2.21. The van der Waals surface area contributed by atoms with Crippen LogP contribution < -0.4 is 10.6 Å². The summed E-state index contributed by atoms with van der Waals surface area (Å²) in [6, 6.07) is 3.19. The quantitative estimate of drug-likeness (QED) is 0.265. The van der Waals surface area contributed by atoms with Gasteiger partial charge < -0.3 is 9.72 Å². The number of rotatable bonds is 7. The molecule has 0 radical (unpaired) electrons. The molecular formula is C17H21N5O6S. The first kappa shape index (κ1) is 22.0. The molecule has 12 heteroatoms. The largest absolute Gasteiger partial charge is 0.462 e. The molecule has 29 heavy (non-hydrogen) atoms. The Hall–Kier alpha value is -3.25. The molecular weight excluding hydrogens is 402 g/mol. The third-order valence-corrected chi connectivity index (χ3v) is 5.03. The molecule has 0 unspecified atom stereocenters. The van der Waals surface area contributed by atoms with E-state index in [-0.39, 0.29) is 17.2 Å². The van der Waals surface area contributed by atoms with E-state index in [1.165, 1.54) is 6.07 Å². The van der Waals surface area contributed by atoms with Crippen LogP contribution in [0.15, 0.2) is 28.2 Å². The highest BCUT2D eigenvalue weighted by atomic mass is 32.2. The van der Waals surface area contributed by atoms with Crippen LogP contribution in [0.1, 0.15) is 41.2 Å². The van der Waals surface area contributed by atoms with Crippen LogP contribution in [-0.4, -0.2) is 36.6 Å². The number of nitrogens with one attached hydrogen (secondary N) is 2. The first-order valence-corrected chi connectivity index (χ1v) is 10.00. The molecule has 0 aliphatic rings. The van der Waals surface area contributed by atoms with E-state index in [9.17, 15) is 23.3 Å². The normalized spacial score (nSPS) is 12.0. The number of sulfonamides is 1. The Morgan fingerprint density at radius 2 is 2.03 bits per heavy atom. The Balaban J connectivity index is 2.39. The molecule has 0 saturated carbocycles. The van der Waals surface area contributed by atoms with Crippen LogP contribution >= 0.6 is 0 Å². The molecule has 0 fully saturated rings. The van der Waals surface area contributed by atoms with Gasteiger partial charge in [-0.1, -0.05) is 0 Å². The van der Waals surface area contributed by atoms with Gasteiger partial charge in [0.15, 0.2) is 0 Å². The molecule has 0 saturated heterocycles. The number of aromatic amines is 1. The number of carbonyl (C=O) groups excluding carboxylic acids is 1. The number of carbonyl (C=O) groups is 1. The van der Waals surface area contributed by atoms with E-state index in [2.05, 4.69) is 15.5 Å². The van der Waals surface area contributed by atoms with Gasteiger partial charge in [-0.05, 0) is 45.4 Å². The van der Waals surface area contributed by atoms with Gasteiger partial charge in [-0.25, -0.2) is 18.4 Å². The number of nitro groups is 1. The maximum Gasteiger partial charge on any atom is 0.340 e. The van der Waals surface area contributed by atoms with Gasteiger partial charge >= 0.3 is 5.97 Å². The van der Waals surface area contributed by atoms with E-state index in [1.807, 2.05) is 0 Å². The predicted molar refractivity (Wildman–Crippen MR) is 107 cm³/mol. The van der Waals surface area contributed by atoms with Gasteiger partial charge in [0.1, 0.15) is 5.69 Å². The van der Waals surface area contributed by atoms with Crippen molar-refractivity contribution in [3.63, 3.8) is 0 Å². The summed E-state index contributed by atoms with van der Waals surface area (Å²) in [6.45, 7) is 7.05. The minimum Gasteiger partial charge on any atom is -0.462 e. The zero-order valence-corrected chi connectivity index (χ0v) is 17.1. The molecule has 156 valence electrons. The Labute approximate surface area is 167 Å². The van der Waals surface area contributed by atoms with Crippen LogP contribution in [-0.2, 0) is 14.8 Å². The Bertz CT molecular complexity index is 1100. The number of hydrogen-bond acceptors (Lipinski definition) is 8. The molecule has 1 heterocycles. The monoisotopic (exact) mass is 423 g/mol. The van der Waals surface area contributed by atoms with E-state index in [4.69, 9.17) is 9.88 Å². The fourth-order valence-corrected chi connectivity index (χ4v) is 3.29. The lowest BCUT2D eigenvalue weighted by molar-refractivity contribution is -0.384. The van der Waals surface area contributed by atoms with Crippen LogP contribution in [0.25, 0.3) is 0 Å². The second kappa shape index (κ2) is 8.41. The second-order valence-corrected chi connectivity index (χ2v) is 7.70. The van der Waals surface area contributed by atoms with Crippen molar-refractivity contribution in [2.75, 3.05) is 12.0 Å². The van der Waals surface area contributed by atoms with Crippen LogP contribution in [0.3, 0.4) is 0 Å². The third kappa shape index (κ3) is 4.78. The molecule has 0 aliphatic carbocycles. The molecule has 0 atom stereocenters. The van der Waals surface area contributed by atoms with Crippen LogP contribution in [0.5, 0.6) is 0 Å². The maximum absolute atomic E-state index is 12.1. The van der Waals surface area contributed by atoms with Gasteiger partial charge in [-0.15, -0.1) is 0 Å². The molecule has 0 aliphatic heterocycles. The van der Waals surface area contributed by atoms with E-state index >= 15 is 0 Å². The first-order chi connectivity index (χ1) is 13.5. The fraction of sp³-hybridized carbons (Fsp3) is 0.294. The average Bonchev–Trinajstić information content (AvgIpc) is 2.93. The van der Waals surface area contributed by atoms with Gasteiger partial charge in [0, 0.05) is 11.8 Å². The number of benzene rings is 1. The second-order valence-electron chi connectivity index (χ2n) is 6.14. The third-order valence-electron chi connectivity index (χ3n) is 4.12. The number of esters is 1. The highest BCUT2D eigenvalue weighted by Crippen LogP contribution is 2.27. The lowest BCUT2D eigenvalue weighted by atomic mass is 10.1. The number of H-pyrrole nitrogens is 1. The molecule has 0 amide bonds. The van der Waals surface area contributed by atoms with Gasteiger partial charge in [0.05, 0.1) is 33.4 Å². The molecule has 0 spiro atoms. The molecule has 0 bridgehead atoms. The van der Waals surface area contributed by atoms with E-state index in [0.29, 0.717) is 28.2 Å². The van der Waals surface area contributed by atoms with Crippen LogP contribution in [0.2, 0.25) is 0 Å². The molecule has 11 nitrogen and oxygen atoms in total. The van der Waals surface area contributed by atoms with Gasteiger partial charge in [0.25, 0.3) is 5.69 Å². The summed E-state index contributed by atoms with van der Waals surface area (Å²) in [5, 5.41) is 20.4. The van der Waals surface area contributed by atoms with Crippen molar-refractivity contribution in [3.05, 3.63) is 50.8 Å². The number of aryl methyl sites for hydroxylation is 1. The van der Waals surface area contributed by atoms with Crippen molar-refractivity contribution in [2.24, 2.45) is 10.2 Å². The summed E-state index contributed by atoms with van der Waals surface area (Å²) < 4.78 is 27.9. The number of nitrogens with zero attached hydrogens (tertiary/aromatic N) is 2. The first-order valence-electron chi connectivity index (χ1n) is 8.45. The summed E-state index contributed by atoms with van der Waals surface area (Å²) in [5.41, 5.74) is 4.65. The number of aromatic nitrogens is 1. The summed E-state index contributed by atoms with van der Waals surface area (Å²) in [5.74, 6) is -0.458. The van der Waals surface area contributed by atoms with Crippen molar-refractivity contribution in [1.82, 2.24) is 4.98 Å². The summed E-state index contributed by atoms with van der Waals surface area (Å²) >= 11 is 0. The molecule has 4 N–H and O–H groups in total. The number of anilines is 1. The minimum absolute atomic E-state index is 0.0201. The number of hydrogen-bond donors (Lipinski definition) is 3. The zero-order chi connectivity index (χ0) is 21.9. The van der Waals surface area contributed by atoms with E-state index < -0.39 is 26.6 Å². The van der Waals surface area contributed by atoms with E-state index in [0.717, 1.165) is 12.1 Å². The van der Waals surface area contributed by atoms with Gasteiger partial charge in [0.2, 0.25) is 10.0 Å². The summed E-state index contributed by atoms with van der Waals surface area (Å²) in [6.07, 6.45) is 0. The molecule has 2 rings (SSSR count). The summed E-state index contributed by atoms with van der Waals surface area (Å²) in [7, 11) is -4.09. The maximum atomic E-state index is 12.1. The number of nitrogens with two attached hydrogens (primary N) is 1. The molecule has 1 aromatic heterocycles. The lowest BCUT2D eigenvalue weighted by Gasteiger charge is -2.06. The number of hydrazone groups is 1. The van der Waals surface area contributed by atoms with Crippen molar-refractivity contribution in [2.45, 2.75) is 32.6 Å². The Morgan fingerprint density at radius 1 is 1.38 bits per heavy atom.